The Labute approximate surface area is 111 Å². The van der Waals surface area contributed by atoms with Gasteiger partial charge in [-0.15, -0.1) is 0 Å². The normalized spacial score (nSPS) is 17.1. The van der Waals surface area contributed by atoms with Crippen molar-refractivity contribution in [3.05, 3.63) is 28.4 Å². The van der Waals surface area contributed by atoms with Crippen LogP contribution in [0.5, 0.6) is 0 Å². The molecule has 0 aliphatic carbocycles. The molecule has 1 saturated heterocycles. The molecule has 0 bridgehead atoms. The Hall–Kier alpha value is -1.66. The van der Waals surface area contributed by atoms with Crippen LogP contribution in [-0.2, 0) is 11.3 Å². The molecular weight excluding hydrogens is 244 g/mol. The standard InChI is InChI=1S/C13H18N4O2/c1-10-8-11-12(15-10)14-9-17(13(11)18)3-2-16-4-6-19-7-5-16/h8-9,15H,2-7H2,1H3. The maximum Gasteiger partial charge on any atom is 0.262 e. The number of aromatic amines is 1. The minimum atomic E-state index is 0.0302. The van der Waals surface area contributed by atoms with Crippen LogP contribution < -0.4 is 5.56 Å². The molecule has 0 radical (unpaired) electrons. The summed E-state index contributed by atoms with van der Waals surface area (Å²) in [6, 6.07) is 1.86. The molecule has 0 aromatic carbocycles. The lowest BCUT2D eigenvalue weighted by atomic mass is 10.3. The number of fused-ring (bicyclic) bond motifs is 1. The second-order valence-electron chi connectivity index (χ2n) is 4.91. The Morgan fingerprint density at radius 2 is 2.16 bits per heavy atom. The van der Waals surface area contributed by atoms with E-state index in [0.717, 1.165) is 38.5 Å². The summed E-state index contributed by atoms with van der Waals surface area (Å²) in [7, 11) is 0. The van der Waals surface area contributed by atoms with Crippen molar-refractivity contribution in [1.29, 1.82) is 0 Å². The second-order valence-corrected chi connectivity index (χ2v) is 4.91. The number of nitrogens with zero attached hydrogens (tertiary/aromatic N) is 3. The molecule has 0 saturated carbocycles. The molecule has 0 spiro atoms. The fourth-order valence-corrected chi connectivity index (χ4v) is 2.41. The highest BCUT2D eigenvalue weighted by Gasteiger charge is 2.11. The molecule has 102 valence electrons. The van der Waals surface area contributed by atoms with Crippen molar-refractivity contribution in [2.45, 2.75) is 13.5 Å². The van der Waals surface area contributed by atoms with Gasteiger partial charge in [0, 0.05) is 31.9 Å². The second kappa shape index (κ2) is 5.14. The van der Waals surface area contributed by atoms with E-state index in [-0.39, 0.29) is 5.56 Å². The lowest BCUT2D eigenvalue weighted by molar-refractivity contribution is 0.0362. The number of nitrogens with one attached hydrogen (secondary N) is 1. The molecule has 1 N–H and O–H groups in total. The zero-order chi connectivity index (χ0) is 13.2. The van der Waals surface area contributed by atoms with Gasteiger partial charge in [-0.2, -0.15) is 0 Å². The first-order chi connectivity index (χ1) is 9.24. The van der Waals surface area contributed by atoms with Crippen LogP contribution in [0.25, 0.3) is 11.0 Å². The minimum Gasteiger partial charge on any atom is -0.379 e. The summed E-state index contributed by atoms with van der Waals surface area (Å²) in [6.07, 6.45) is 1.63. The van der Waals surface area contributed by atoms with Gasteiger partial charge >= 0.3 is 0 Å². The van der Waals surface area contributed by atoms with Crippen LogP contribution in [-0.4, -0.2) is 52.3 Å². The van der Waals surface area contributed by atoms with E-state index >= 15 is 0 Å². The number of aryl methyl sites for hydroxylation is 1. The minimum absolute atomic E-state index is 0.0302. The molecule has 2 aromatic rings. The molecule has 1 fully saturated rings. The Morgan fingerprint density at radius 3 is 2.95 bits per heavy atom. The average Bonchev–Trinajstić information content (AvgIpc) is 2.81. The number of aromatic nitrogens is 3. The van der Waals surface area contributed by atoms with Crippen molar-refractivity contribution in [2.75, 3.05) is 32.8 Å². The zero-order valence-electron chi connectivity index (χ0n) is 11.1. The van der Waals surface area contributed by atoms with Gasteiger partial charge in [-0.1, -0.05) is 0 Å². The van der Waals surface area contributed by atoms with E-state index in [1.807, 2.05) is 13.0 Å². The highest BCUT2D eigenvalue weighted by atomic mass is 16.5. The van der Waals surface area contributed by atoms with E-state index in [9.17, 15) is 4.79 Å². The largest absolute Gasteiger partial charge is 0.379 e. The van der Waals surface area contributed by atoms with Gasteiger partial charge in [0.1, 0.15) is 5.65 Å². The SMILES string of the molecule is Cc1cc2c(=O)n(CCN3CCOCC3)cnc2[nH]1. The van der Waals surface area contributed by atoms with Crippen molar-refractivity contribution in [3.63, 3.8) is 0 Å². The molecule has 6 heteroatoms. The van der Waals surface area contributed by atoms with Gasteiger partial charge in [0.15, 0.2) is 0 Å². The number of rotatable bonds is 3. The highest BCUT2D eigenvalue weighted by molar-refractivity contribution is 5.74. The molecule has 1 aliphatic heterocycles. The smallest absolute Gasteiger partial charge is 0.262 e. The van der Waals surface area contributed by atoms with Crippen LogP contribution in [0, 0.1) is 6.92 Å². The van der Waals surface area contributed by atoms with Gasteiger partial charge < -0.3 is 9.72 Å². The molecule has 0 amide bonds. The molecule has 19 heavy (non-hydrogen) atoms. The number of hydrogen-bond acceptors (Lipinski definition) is 4. The molecule has 3 rings (SSSR count). The van der Waals surface area contributed by atoms with Crippen molar-refractivity contribution < 1.29 is 4.74 Å². The van der Waals surface area contributed by atoms with E-state index in [2.05, 4.69) is 14.9 Å². The highest BCUT2D eigenvalue weighted by Crippen LogP contribution is 2.07. The van der Waals surface area contributed by atoms with Crippen LogP contribution in [0.4, 0.5) is 0 Å². The first-order valence-corrected chi connectivity index (χ1v) is 6.59. The van der Waals surface area contributed by atoms with Gasteiger partial charge in [-0.25, -0.2) is 4.98 Å². The summed E-state index contributed by atoms with van der Waals surface area (Å²) in [4.78, 5) is 22.0. The summed E-state index contributed by atoms with van der Waals surface area (Å²) < 4.78 is 6.99. The van der Waals surface area contributed by atoms with Gasteiger partial charge in [-0.3, -0.25) is 14.3 Å². The summed E-state index contributed by atoms with van der Waals surface area (Å²) in [5.41, 5.74) is 1.67. The van der Waals surface area contributed by atoms with Crippen LogP contribution >= 0.6 is 0 Å². The monoisotopic (exact) mass is 262 g/mol. The Kier molecular flexibility index (Phi) is 3.35. The van der Waals surface area contributed by atoms with E-state index in [1.165, 1.54) is 0 Å². The van der Waals surface area contributed by atoms with E-state index in [4.69, 9.17) is 4.74 Å². The van der Waals surface area contributed by atoms with E-state index in [1.54, 1.807) is 10.9 Å². The fraction of sp³-hybridized carbons (Fsp3) is 0.538. The fourth-order valence-electron chi connectivity index (χ4n) is 2.41. The van der Waals surface area contributed by atoms with E-state index in [0.29, 0.717) is 17.6 Å². The van der Waals surface area contributed by atoms with Gasteiger partial charge in [-0.05, 0) is 13.0 Å². The molecule has 1 aliphatic rings. The number of H-pyrrole nitrogens is 1. The van der Waals surface area contributed by atoms with Gasteiger partial charge in [0.05, 0.1) is 24.9 Å². The maximum absolute atomic E-state index is 12.3. The molecular formula is C13H18N4O2. The van der Waals surface area contributed by atoms with Crippen LogP contribution in [0.1, 0.15) is 5.69 Å². The average molecular weight is 262 g/mol. The molecule has 6 nitrogen and oxygen atoms in total. The first kappa shape index (κ1) is 12.4. The Balaban J connectivity index is 1.77. The van der Waals surface area contributed by atoms with Crippen LogP contribution in [0.3, 0.4) is 0 Å². The number of hydrogen-bond donors (Lipinski definition) is 1. The van der Waals surface area contributed by atoms with Gasteiger partial charge in [0.2, 0.25) is 0 Å². The Bertz CT molecular complexity index is 625. The number of morpholine rings is 1. The molecule has 0 unspecified atom stereocenters. The van der Waals surface area contributed by atoms with Crippen molar-refractivity contribution in [3.8, 4) is 0 Å². The maximum atomic E-state index is 12.3. The Morgan fingerprint density at radius 1 is 1.37 bits per heavy atom. The molecule has 3 heterocycles. The van der Waals surface area contributed by atoms with Crippen molar-refractivity contribution in [2.24, 2.45) is 0 Å². The van der Waals surface area contributed by atoms with Crippen molar-refractivity contribution >= 4 is 11.0 Å². The summed E-state index contributed by atoms with van der Waals surface area (Å²) in [6.45, 7) is 6.90. The number of ether oxygens (including phenoxy) is 1. The summed E-state index contributed by atoms with van der Waals surface area (Å²) >= 11 is 0. The predicted octanol–water partition coefficient (Wildman–Crippen LogP) is 0.365. The van der Waals surface area contributed by atoms with Crippen LogP contribution in [0.2, 0.25) is 0 Å². The topological polar surface area (TPSA) is 63.1 Å². The predicted molar refractivity (Wildman–Crippen MR) is 72.3 cm³/mol. The lowest BCUT2D eigenvalue weighted by Gasteiger charge is -2.26. The lowest BCUT2D eigenvalue weighted by Crippen LogP contribution is -2.39. The summed E-state index contributed by atoms with van der Waals surface area (Å²) in [5.74, 6) is 0. The third-order valence-corrected chi connectivity index (χ3v) is 3.51. The third kappa shape index (κ3) is 2.54. The van der Waals surface area contributed by atoms with E-state index < -0.39 is 0 Å². The quantitative estimate of drug-likeness (QED) is 0.868. The summed E-state index contributed by atoms with van der Waals surface area (Å²) in [5, 5.41) is 0.668. The zero-order valence-corrected chi connectivity index (χ0v) is 11.1. The molecule has 0 atom stereocenters. The van der Waals surface area contributed by atoms with Crippen LogP contribution in [0.15, 0.2) is 17.2 Å². The van der Waals surface area contributed by atoms with Crippen molar-refractivity contribution in [1.82, 2.24) is 19.4 Å². The third-order valence-electron chi connectivity index (χ3n) is 3.51. The van der Waals surface area contributed by atoms with Gasteiger partial charge in [0.25, 0.3) is 5.56 Å². The first-order valence-electron chi connectivity index (χ1n) is 6.59. The molecule has 2 aromatic heterocycles.